The third-order valence-electron chi connectivity index (χ3n) is 5.03. The minimum atomic E-state index is -1.35. The summed E-state index contributed by atoms with van der Waals surface area (Å²) >= 11 is 0. The molecule has 1 atom stereocenters. The van der Waals surface area contributed by atoms with Crippen molar-refractivity contribution in [3.63, 3.8) is 0 Å². The Labute approximate surface area is 173 Å². The van der Waals surface area contributed by atoms with Gasteiger partial charge in [0.25, 0.3) is 5.91 Å². The molecule has 0 bridgehead atoms. The summed E-state index contributed by atoms with van der Waals surface area (Å²) in [6.07, 6.45) is 5.39. The molecule has 4 rings (SSSR count). The van der Waals surface area contributed by atoms with Gasteiger partial charge in [-0.3, -0.25) is 14.0 Å². The first-order chi connectivity index (χ1) is 13.2. The van der Waals surface area contributed by atoms with Crippen molar-refractivity contribution in [3.05, 3.63) is 48.3 Å². The molecule has 2 aliphatic heterocycles. The Morgan fingerprint density at radius 1 is 0.929 bits per heavy atom. The first-order valence-electron chi connectivity index (χ1n) is 9.31. The van der Waals surface area contributed by atoms with Crippen LogP contribution >= 0.6 is 12.4 Å². The lowest BCUT2D eigenvalue weighted by Gasteiger charge is -2.34. The van der Waals surface area contributed by atoms with Crippen molar-refractivity contribution in [3.8, 4) is 0 Å². The van der Waals surface area contributed by atoms with Crippen LogP contribution in [0, 0.1) is 0 Å². The topological polar surface area (TPSA) is 69.6 Å². The van der Waals surface area contributed by atoms with Crippen LogP contribution in [-0.2, 0) is 11.0 Å². The number of piperazine rings is 1. The number of nitrogens with zero attached hydrogens (tertiary/aromatic N) is 5. The van der Waals surface area contributed by atoms with Crippen molar-refractivity contribution in [2.24, 2.45) is 0 Å². The second kappa shape index (κ2) is 9.45. The summed E-state index contributed by atoms with van der Waals surface area (Å²) in [7, 11) is -1.35. The lowest BCUT2D eigenvalue weighted by Crippen LogP contribution is -2.47. The van der Waals surface area contributed by atoms with Crippen LogP contribution in [0.5, 0.6) is 0 Å². The van der Waals surface area contributed by atoms with E-state index in [0.717, 1.165) is 51.5 Å². The van der Waals surface area contributed by atoms with E-state index < -0.39 is 11.0 Å². The SMILES string of the molecule is Cl.O=C1c2ccccc2S(=O)N1CCCCN1CCN(c2ncccn2)CC1. The van der Waals surface area contributed by atoms with Gasteiger partial charge < -0.3 is 4.90 Å². The Hall–Kier alpha value is -2.03. The zero-order chi connectivity index (χ0) is 18.6. The number of carbonyl (C=O) groups is 1. The molecule has 2 aliphatic rings. The van der Waals surface area contributed by atoms with Crippen LogP contribution in [0.4, 0.5) is 5.95 Å². The minimum Gasteiger partial charge on any atom is -0.338 e. The molecule has 2 aromatic rings. The number of carbonyl (C=O) groups excluding carboxylic acids is 1. The largest absolute Gasteiger partial charge is 0.338 e. The highest BCUT2D eigenvalue weighted by molar-refractivity contribution is 7.84. The van der Waals surface area contributed by atoms with Gasteiger partial charge in [0.1, 0.15) is 0 Å². The van der Waals surface area contributed by atoms with Gasteiger partial charge in [0.05, 0.1) is 10.5 Å². The van der Waals surface area contributed by atoms with Crippen LogP contribution in [-0.4, -0.2) is 68.6 Å². The first kappa shape index (κ1) is 20.7. The lowest BCUT2D eigenvalue weighted by molar-refractivity contribution is 0.0872. The summed E-state index contributed by atoms with van der Waals surface area (Å²) < 4.78 is 14.0. The normalized spacial score (nSPS) is 19.4. The molecule has 1 saturated heterocycles. The van der Waals surface area contributed by atoms with Crippen LogP contribution in [0.15, 0.2) is 47.6 Å². The number of amides is 1. The minimum absolute atomic E-state index is 0. The van der Waals surface area contributed by atoms with Crippen molar-refractivity contribution >= 4 is 35.2 Å². The molecule has 0 saturated carbocycles. The Morgan fingerprint density at radius 3 is 2.32 bits per heavy atom. The Bertz CT molecular complexity index is 795. The van der Waals surface area contributed by atoms with Gasteiger partial charge in [-0.15, -0.1) is 12.4 Å². The van der Waals surface area contributed by atoms with Crippen LogP contribution in [0.1, 0.15) is 23.2 Å². The molecule has 1 aromatic heterocycles. The summed E-state index contributed by atoms with van der Waals surface area (Å²) in [4.78, 5) is 26.3. The number of fused-ring (bicyclic) bond motifs is 1. The number of unbranched alkanes of at least 4 members (excludes halogenated alkanes) is 1. The van der Waals surface area contributed by atoms with E-state index in [1.807, 2.05) is 18.2 Å². The number of rotatable bonds is 6. The highest BCUT2D eigenvalue weighted by atomic mass is 35.5. The number of halogens is 1. The molecule has 9 heteroatoms. The van der Waals surface area contributed by atoms with E-state index in [9.17, 15) is 9.00 Å². The molecular formula is C19H24ClN5O2S. The molecule has 0 N–H and O–H groups in total. The molecule has 7 nitrogen and oxygen atoms in total. The molecule has 1 amide bonds. The summed E-state index contributed by atoms with van der Waals surface area (Å²) in [6.45, 7) is 5.35. The van der Waals surface area contributed by atoms with E-state index in [-0.39, 0.29) is 18.3 Å². The molecular weight excluding hydrogens is 398 g/mol. The molecule has 1 fully saturated rings. The highest BCUT2D eigenvalue weighted by Crippen LogP contribution is 2.26. The number of aromatic nitrogens is 2. The summed E-state index contributed by atoms with van der Waals surface area (Å²) in [5.41, 5.74) is 0.579. The number of anilines is 1. The molecule has 3 heterocycles. The van der Waals surface area contributed by atoms with E-state index in [2.05, 4.69) is 19.8 Å². The zero-order valence-corrected chi connectivity index (χ0v) is 17.2. The van der Waals surface area contributed by atoms with Crippen LogP contribution < -0.4 is 4.90 Å². The van der Waals surface area contributed by atoms with E-state index in [0.29, 0.717) is 17.0 Å². The average Bonchev–Trinajstić information content (AvgIpc) is 2.97. The van der Waals surface area contributed by atoms with Gasteiger partial charge in [-0.1, -0.05) is 12.1 Å². The van der Waals surface area contributed by atoms with Gasteiger partial charge in [-0.05, 0) is 37.6 Å². The Balaban J connectivity index is 0.00000225. The summed E-state index contributed by atoms with van der Waals surface area (Å²) in [5, 5.41) is 0. The molecule has 0 radical (unpaired) electrons. The smallest absolute Gasteiger partial charge is 0.267 e. The fourth-order valence-electron chi connectivity index (χ4n) is 3.53. The molecule has 1 aromatic carbocycles. The maximum Gasteiger partial charge on any atom is 0.267 e. The van der Waals surface area contributed by atoms with Crippen molar-refractivity contribution in [2.45, 2.75) is 17.7 Å². The van der Waals surface area contributed by atoms with Crippen LogP contribution in [0.25, 0.3) is 0 Å². The standard InChI is InChI=1S/C19H23N5O2S.ClH/c25-18-16-6-1-2-7-17(16)27(26)24(18)11-4-3-10-22-12-14-23(15-13-22)19-20-8-5-9-21-19;/h1-2,5-9H,3-4,10-15H2;1H. The predicted octanol–water partition coefficient (Wildman–Crippen LogP) is 1.98. The van der Waals surface area contributed by atoms with Gasteiger partial charge in [0, 0.05) is 45.1 Å². The van der Waals surface area contributed by atoms with Crippen molar-refractivity contribution in [1.82, 2.24) is 19.2 Å². The molecule has 150 valence electrons. The highest BCUT2D eigenvalue weighted by Gasteiger charge is 2.33. The second-order valence-corrected chi connectivity index (χ2v) is 8.12. The van der Waals surface area contributed by atoms with E-state index in [1.54, 1.807) is 24.5 Å². The average molecular weight is 422 g/mol. The van der Waals surface area contributed by atoms with E-state index >= 15 is 0 Å². The van der Waals surface area contributed by atoms with Crippen LogP contribution in [0.3, 0.4) is 0 Å². The van der Waals surface area contributed by atoms with Gasteiger partial charge in [0.2, 0.25) is 5.95 Å². The molecule has 1 unspecified atom stereocenters. The number of hydrogen-bond donors (Lipinski definition) is 0. The molecule has 0 spiro atoms. The second-order valence-electron chi connectivity index (χ2n) is 6.74. The summed E-state index contributed by atoms with van der Waals surface area (Å²) in [5.74, 6) is 0.687. The lowest BCUT2D eigenvalue weighted by atomic mass is 10.2. The van der Waals surface area contributed by atoms with Crippen LogP contribution in [0.2, 0.25) is 0 Å². The Morgan fingerprint density at radius 2 is 1.61 bits per heavy atom. The number of hydrogen-bond acceptors (Lipinski definition) is 6. The third kappa shape index (κ3) is 4.34. The van der Waals surface area contributed by atoms with Gasteiger partial charge in [0.15, 0.2) is 11.0 Å². The fourth-order valence-corrected chi connectivity index (χ4v) is 4.85. The first-order valence-corrected chi connectivity index (χ1v) is 10.4. The Kier molecular flexibility index (Phi) is 6.98. The van der Waals surface area contributed by atoms with Crippen molar-refractivity contribution < 1.29 is 9.00 Å². The van der Waals surface area contributed by atoms with E-state index in [1.165, 1.54) is 4.31 Å². The maximum atomic E-state index is 12.5. The summed E-state index contributed by atoms with van der Waals surface area (Å²) in [6, 6.07) is 9.01. The van der Waals surface area contributed by atoms with E-state index in [4.69, 9.17) is 0 Å². The van der Waals surface area contributed by atoms with Crippen molar-refractivity contribution in [1.29, 1.82) is 0 Å². The zero-order valence-electron chi connectivity index (χ0n) is 15.6. The van der Waals surface area contributed by atoms with Gasteiger partial charge >= 0.3 is 0 Å². The monoisotopic (exact) mass is 421 g/mol. The molecule has 0 aliphatic carbocycles. The number of benzene rings is 1. The van der Waals surface area contributed by atoms with Crippen molar-refractivity contribution in [2.75, 3.05) is 44.2 Å². The fraction of sp³-hybridized carbons (Fsp3) is 0.421. The predicted molar refractivity (Wildman–Crippen MR) is 111 cm³/mol. The molecule has 28 heavy (non-hydrogen) atoms. The van der Waals surface area contributed by atoms with Gasteiger partial charge in [-0.2, -0.15) is 0 Å². The maximum absolute atomic E-state index is 12.5. The quantitative estimate of drug-likeness (QED) is 0.664. The van der Waals surface area contributed by atoms with Gasteiger partial charge in [-0.25, -0.2) is 14.2 Å². The third-order valence-corrected chi connectivity index (χ3v) is 6.51.